The summed E-state index contributed by atoms with van der Waals surface area (Å²) in [7, 11) is 0. The molecule has 9 aromatic carbocycles. The number of aromatic nitrogens is 1. The Labute approximate surface area is 327 Å². The number of para-hydroxylation sites is 3. The van der Waals surface area contributed by atoms with Crippen molar-refractivity contribution in [3.05, 3.63) is 231 Å². The van der Waals surface area contributed by atoms with Crippen molar-refractivity contribution < 1.29 is 0 Å². The van der Waals surface area contributed by atoms with Gasteiger partial charge in [0.15, 0.2) is 0 Å². The summed E-state index contributed by atoms with van der Waals surface area (Å²) in [5.41, 5.74) is 16.4. The summed E-state index contributed by atoms with van der Waals surface area (Å²) in [6.45, 7) is 0. The first kappa shape index (κ1) is 33.2. The number of hydrogen-bond donors (Lipinski definition) is 0. The molecule has 10 rings (SSSR count). The first-order chi connectivity index (χ1) is 27.8. The minimum atomic E-state index is 1.10. The average Bonchev–Trinajstić information content (AvgIpc) is 3.62. The Morgan fingerprint density at radius 2 is 0.696 bits per heavy atom. The summed E-state index contributed by atoms with van der Waals surface area (Å²) in [6, 6.07) is 83.0. The Hall–Kier alpha value is -7.42. The van der Waals surface area contributed by atoms with Crippen molar-refractivity contribution in [1.29, 1.82) is 0 Å². The quantitative estimate of drug-likeness (QED) is 0.152. The van der Waals surface area contributed by atoms with E-state index in [1.807, 2.05) is 0 Å². The van der Waals surface area contributed by atoms with Gasteiger partial charge in [0, 0.05) is 33.4 Å². The van der Waals surface area contributed by atoms with Gasteiger partial charge in [-0.2, -0.15) is 0 Å². The molecule has 0 aliphatic carbocycles. The smallest absolute Gasteiger partial charge is 0.0541 e. The lowest BCUT2D eigenvalue weighted by atomic mass is 9.97. The Morgan fingerprint density at radius 3 is 1.32 bits per heavy atom. The average molecular weight is 715 g/mol. The van der Waals surface area contributed by atoms with Crippen LogP contribution in [0.15, 0.2) is 231 Å². The van der Waals surface area contributed by atoms with Crippen LogP contribution in [0.25, 0.3) is 72.0 Å². The van der Waals surface area contributed by atoms with E-state index < -0.39 is 0 Å². The maximum Gasteiger partial charge on any atom is 0.0541 e. The molecular formula is C54H38N2. The van der Waals surface area contributed by atoms with E-state index in [0.717, 1.165) is 17.1 Å². The van der Waals surface area contributed by atoms with Gasteiger partial charge >= 0.3 is 0 Å². The van der Waals surface area contributed by atoms with E-state index in [9.17, 15) is 0 Å². The second-order valence-corrected chi connectivity index (χ2v) is 14.2. The van der Waals surface area contributed by atoms with Gasteiger partial charge < -0.3 is 9.47 Å². The first-order valence-corrected chi connectivity index (χ1v) is 19.2. The van der Waals surface area contributed by atoms with Crippen LogP contribution in [0.4, 0.5) is 17.1 Å². The molecule has 10 aromatic rings. The second-order valence-electron chi connectivity index (χ2n) is 14.2. The first-order valence-electron chi connectivity index (χ1n) is 19.2. The highest BCUT2D eigenvalue weighted by Gasteiger charge is 2.17. The van der Waals surface area contributed by atoms with Crippen LogP contribution in [0, 0.1) is 0 Å². The van der Waals surface area contributed by atoms with Gasteiger partial charge in [-0.15, -0.1) is 0 Å². The third-order valence-corrected chi connectivity index (χ3v) is 10.8. The molecule has 0 spiro atoms. The molecule has 56 heavy (non-hydrogen) atoms. The minimum absolute atomic E-state index is 1.10. The topological polar surface area (TPSA) is 8.17 Å². The van der Waals surface area contributed by atoms with Crippen molar-refractivity contribution in [1.82, 2.24) is 4.57 Å². The summed E-state index contributed by atoms with van der Waals surface area (Å²) in [4.78, 5) is 2.35. The lowest BCUT2D eigenvalue weighted by Gasteiger charge is -2.26. The van der Waals surface area contributed by atoms with Crippen molar-refractivity contribution in [3.63, 3.8) is 0 Å². The van der Waals surface area contributed by atoms with E-state index in [4.69, 9.17) is 0 Å². The number of hydrogen-bond acceptors (Lipinski definition) is 1. The highest BCUT2D eigenvalue weighted by atomic mass is 15.1. The molecular weight excluding hydrogens is 677 g/mol. The molecule has 1 heterocycles. The molecule has 0 unspecified atom stereocenters. The maximum absolute atomic E-state index is 2.41. The van der Waals surface area contributed by atoms with E-state index in [1.165, 1.54) is 72.0 Å². The van der Waals surface area contributed by atoms with Gasteiger partial charge in [-0.1, -0.05) is 170 Å². The van der Waals surface area contributed by atoms with Gasteiger partial charge in [-0.3, -0.25) is 0 Å². The zero-order valence-electron chi connectivity index (χ0n) is 30.8. The number of benzene rings is 9. The van der Waals surface area contributed by atoms with Crippen molar-refractivity contribution in [2.75, 3.05) is 4.90 Å². The molecule has 0 bridgehead atoms. The Bertz CT molecular complexity index is 2890. The largest absolute Gasteiger partial charge is 0.310 e. The van der Waals surface area contributed by atoms with Gasteiger partial charge in [0.05, 0.1) is 16.7 Å². The van der Waals surface area contributed by atoms with Crippen LogP contribution in [-0.2, 0) is 0 Å². The Kier molecular flexibility index (Phi) is 8.55. The lowest BCUT2D eigenvalue weighted by molar-refractivity contribution is 1.18. The zero-order chi connectivity index (χ0) is 37.3. The number of anilines is 3. The Morgan fingerprint density at radius 1 is 0.268 bits per heavy atom. The second kappa shape index (κ2) is 14.4. The van der Waals surface area contributed by atoms with Gasteiger partial charge in [-0.05, 0) is 99.6 Å². The van der Waals surface area contributed by atoms with Crippen LogP contribution in [0.5, 0.6) is 0 Å². The van der Waals surface area contributed by atoms with Gasteiger partial charge in [0.25, 0.3) is 0 Å². The third-order valence-electron chi connectivity index (χ3n) is 10.8. The SMILES string of the molecule is c1ccc(-c2ccc(N(c3ccc(-c4cccc(-c5ccccc5-n5c6ccccc6c6ccccc65)c4)cc3)c3cccc(-c4ccccc4)c3)cc2)cc1. The van der Waals surface area contributed by atoms with E-state index in [2.05, 4.69) is 240 Å². The van der Waals surface area contributed by atoms with Crippen molar-refractivity contribution in [3.8, 4) is 50.2 Å². The number of nitrogens with zero attached hydrogens (tertiary/aromatic N) is 2. The molecule has 0 aliphatic rings. The molecule has 0 fully saturated rings. The van der Waals surface area contributed by atoms with Crippen molar-refractivity contribution >= 4 is 38.9 Å². The predicted molar refractivity (Wildman–Crippen MR) is 237 cm³/mol. The standard InChI is InChI=1S/C54H38N2/c1-3-15-39(16-4-1)41-29-33-46(34-30-41)55(48-22-14-20-44(38-48)40-17-5-2-6-18-40)47-35-31-42(32-36-47)43-19-13-21-45(37-43)49-23-7-10-26-52(49)56-53-27-11-8-24-50(53)51-25-9-12-28-54(51)56/h1-38H. The van der Waals surface area contributed by atoms with Crippen LogP contribution in [0.3, 0.4) is 0 Å². The van der Waals surface area contributed by atoms with E-state index in [1.54, 1.807) is 0 Å². The van der Waals surface area contributed by atoms with E-state index in [0.29, 0.717) is 0 Å². The zero-order valence-corrected chi connectivity index (χ0v) is 30.8. The van der Waals surface area contributed by atoms with E-state index in [-0.39, 0.29) is 0 Å². The molecule has 1 aromatic heterocycles. The third kappa shape index (κ3) is 6.14. The van der Waals surface area contributed by atoms with Crippen LogP contribution in [-0.4, -0.2) is 4.57 Å². The molecule has 0 amide bonds. The highest BCUT2D eigenvalue weighted by molar-refractivity contribution is 6.09. The lowest BCUT2D eigenvalue weighted by Crippen LogP contribution is -2.10. The summed E-state index contributed by atoms with van der Waals surface area (Å²) in [6.07, 6.45) is 0. The molecule has 0 aliphatic heterocycles. The van der Waals surface area contributed by atoms with Crippen molar-refractivity contribution in [2.45, 2.75) is 0 Å². The molecule has 2 nitrogen and oxygen atoms in total. The van der Waals surface area contributed by atoms with Crippen LogP contribution in [0.2, 0.25) is 0 Å². The fourth-order valence-corrected chi connectivity index (χ4v) is 8.10. The van der Waals surface area contributed by atoms with Crippen molar-refractivity contribution in [2.24, 2.45) is 0 Å². The monoisotopic (exact) mass is 714 g/mol. The fraction of sp³-hybridized carbons (Fsp3) is 0. The predicted octanol–water partition coefficient (Wildman–Crippen LogP) is 14.9. The summed E-state index contributed by atoms with van der Waals surface area (Å²) in [5, 5.41) is 2.53. The van der Waals surface area contributed by atoms with Gasteiger partial charge in [0.1, 0.15) is 0 Å². The van der Waals surface area contributed by atoms with Crippen LogP contribution >= 0.6 is 0 Å². The highest BCUT2D eigenvalue weighted by Crippen LogP contribution is 2.40. The molecule has 0 radical (unpaired) electrons. The number of rotatable bonds is 8. The summed E-state index contributed by atoms with van der Waals surface area (Å²) in [5.74, 6) is 0. The molecule has 2 heteroatoms. The molecule has 264 valence electrons. The van der Waals surface area contributed by atoms with Crippen LogP contribution < -0.4 is 4.90 Å². The molecule has 0 atom stereocenters. The Balaban J connectivity index is 1.03. The van der Waals surface area contributed by atoms with Gasteiger partial charge in [0.2, 0.25) is 0 Å². The maximum atomic E-state index is 2.41. The molecule has 0 saturated carbocycles. The summed E-state index contributed by atoms with van der Waals surface area (Å²) < 4.78 is 2.41. The molecule has 0 saturated heterocycles. The number of fused-ring (bicyclic) bond motifs is 3. The van der Waals surface area contributed by atoms with E-state index >= 15 is 0 Å². The molecule has 0 N–H and O–H groups in total. The fourth-order valence-electron chi connectivity index (χ4n) is 8.10. The summed E-state index contributed by atoms with van der Waals surface area (Å²) >= 11 is 0. The van der Waals surface area contributed by atoms with Gasteiger partial charge in [-0.25, -0.2) is 0 Å². The minimum Gasteiger partial charge on any atom is -0.310 e. The normalized spacial score (nSPS) is 11.2. The van der Waals surface area contributed by atoms with Crippen LogP contribution in [0.1, 0.15) is 0 Å².